The predicted octanol–water partition coefficient (Wildman–Crippen LogP) is 2.36. The average molecular weight is 420 g/mol. The second kappa shape index (κ2) is 7.45. The van der Waals surface area contributed by atoms with E-state index in [2.05, 4.69) is 35.3 Å². The zero-order valence-corrected chi connectivity index (χ0v) is 17.0. The molecule has 2 atom stereocenters. The van der Waals surface area contributed by atoms with Crippen LogP contribution < -0.4 is 16.0 Å². The van der Waals surface area contributed by atoms with Gasteiger partial charge in [-0.2, -0.15) is 19.9 Å². The van der Waals surface area contributed by atoms with Gasteiger partial charge in [0.05, 0.1) is 6.61 Å². The van der Waals surface area contributed by atoms with Gasteiger partial charge < -0.3 is 25.2 Å². The van der Waals surface area contributed by atoms with Crippen molar-refractivity contribution in [1.29, 1.82) is 0 Å². The molecule has 2 saturated carbocycles. The summed E-state index contributed by atoms with van der Waals surface area (Å²) in [5, 5.41) is 7.18. The molecule has 3 aliphatic rings. The van der Waals surface area contributed by atoms with E-state index >= 15 is 0 Å². The molecule has 31 heavy (non-hydrogen) atoms. The highest BCUT2D eigenvalue weighted by molar-refractivity contribution is 5.57. The molecule has 3 fully saturated rings. The number of hydrogen-bond acceptors (Lipinski definition) is 10. The first-order chi connectivity index (χ1) is 15.2. The van der Waals surface area contributed by atoms with Crippen molar-refractivity contribution in [2.75, 3.05) is 42.3 Å². The molecule has 1 aliphatic heterocycles. The van der Waals surface area contributed by atoms with Crippen molar-refractivity contribution >= 4 is 23.6 Å². The number of anilines is 4. The quantitative estimate of drug-likeness (QED) is 0.560. The molecule has 6 rings (SSSR count). The maximum Gasteiger partial charge on any atom is 0.324 e. The van der Waals surface area contributed by atoms with Crippen LogP contribution in [0.1, 0.15) is 12.8 Å². The highest BCUT2D eigenvalue weighted by Crippen LogP contribution is 2.52. The van der Waals surface area contributed by atoms with Crippen LogP contribution in [0.4, 0.5) is 23.6 Å². The number of nitrogens with zero attached hydrogens (tertiary/aromatic N) is 6. The first-order valence-corrected chi connectivity index (χ1v) is 10.7. The van der Waals surface area contributed by atoms with Crippen LogP contribution in [-0.2, 0) is 4.74 Å². The summed E-state index contributed by atoms with van der Waals surface area (Å²) < 4.78 is 11.4. The summed E-state index contributed by atoms with van der Waals surface area (Å²) >= 11 is 0. The topological polar surface area (TPSA) is 128 Å². The molecule has 3 heterocycles. The number of benzene rings is 1. The average Bonchev–Trinajstić information content (AvgIpc) is 3.57. The monoisotopic (exact) mass is 420 g/mol. The van der Waals surface area contributed by atoms with Gasteiger partial charge in [-0.3, -0.25) is 0 Å². The second-order valence-corrected chi connectivity index (χ2v) is 8.61. The van der Waals surface area contributed by atoms with Gasteiger partial charge in [0.2, 0.25) is 23.5 Å². The molecule has 3 aromatic rings. The molecule has 0 amide bonds. The molecule has 2 aromatic heterocycles. The van der Waals surface area contributed by atoms with Gasteiger partial charge in [-0.05, 0) is 48.6 Å². The van der Waals surface area contributed by atoms with Crippen molar-refractivity contribution in [3.05, 3.63) is 30.3 Å². The first-order valence-electron chi connectivity index (χ1n) is 10.7. The second-order valence-electron chi connectivity index (χ2n) is 8.61. The maximum absolute atomic E-state index is 5.88. The van der Waals surface area contributed by atoms with E-state index < -0.39 is 0 Å². The fourth-order valence-electron chi connectivity index (χ4n) is 4.34. The fourth-order valence-corrected chi connectivity index (χ4v) is 4.34. The highest BCUT2D eigenvalue weighted by Gasteiger charge is 2.56. The Morgan fingerprint density at radius 2 is 1.81 bits per heavy atom. The maximum atomic E-state index is 5.88. The van der Waals surface area contributed by atoms with Gasteiger partial charge in [-0.1, -0.05) is 23.4 Å². The Bertz CT molecular complexity index is 1060. The summed E-state index contributed by atoms with van der Waals surface area (Å²) in [6.45, 7) is 3.66. The highest BCUT2D eigenvalue weighted by atomic mass is 16.5. The summed E-state index contributed by atoms with van der Waals surface area (Å²) in [7, 11) is 0. The predicted molar refractivity (Wildman–Crippen MR) is 113 cm³/mol. The minimum absolute atomic E-state index is 0.0891. The normalized spacial score (nSPS) is 24.3. The minimum Gasteiger partial charge on any atom is -0.381 e. The zero-order chi connectivity index (χ0) is 20.8. The van der Waals surface area contributed by atoms with Crippen molar-refractivity contribution in [1.82, 2.24) is 25.1 Å². The smallest absolute Gasteiger partial charge is 0.324 e. The Morgan fingerprint density at radius 1 is 1.00 bits per heavy atom. The van der Waals surface area contributed by atoms with Crippen molar-refractivity contribution in [2.45, 2.75) is 12.8 Å². The molecule has 1 aromatic carbocycles. The van der Waals surface area contributed by atoms with Crippen molar-refractivity contribution in [3.8, 4) is 11.6 Å². The number of para-hydroxylation sites is 1. The summed E-state index contributed by atoms with van der Waals surface area (Å²) in [5.74, 6) is 3.80. The van der Waals surface area contributed by atoms with Crippen LogP contribution >= 0.6 is 0 Å². The van der Waals surface area contributed by atoms with E-state index in [0.29, 0.717) is 35.5 Å². The largest absolute Gasteiger partial charge is 0.381 e. The van der Waals surface area contributed by atoms with E-state index in [1.807, 2.05) is 30.3 Å². The molecular weight excluding hydrogens is 396 g/mol. The standard InChI is InChI=1S/C21H24N8O2/c22-19-24-17(25-20(27-19)23-13-4-2-1-3-5-13)18-26-21(31-28-18)29-8-14-15(9-29)16(14)11-30-10-12-6-7-12/h1-5,12,14-16H,6-11H2,(H3,22,23,24,25,27). The van der Waals surface area contributed by atoms with Crippen molar-refractivity contribution in [2.24, 2.45) is 23.7 Å². The number of fused-ring (bicyclic) bond motifs is 1. The van der Waals surface area contributed by atoms with Crippen molar-refractivity contribution in [3.63, 3.8) is 0 Å². The molecular formula is C21H24N8O2. The number of hydrogen-bond donors (Lipinski definition) is 2. The SMILES string of the molecule is Nc1nc(Nc2ccccc2)nc(-c2noc(N3CC4C(COCC5CC5)C4C3)n2)n1. The third kappa shape index (κ3) is 3.90. The zero-order valence-electron chi connectivity index (χ0n) is 17.0. The number of nitrogens with one attached hydrogen (secondary N) is 1. The van der Waals surface area contributed by atoms with Gasteiger partial charge in [0, 0.05) is 25.4 Å². The van der Waals surface area contributed by atoms with Gasteiger partial charge in [-0.25, -0.2) is 0 Å². The summed E-state index contributed by atoms with van der Waals surface area (Å²) in [4.78, 5) is 19.3. The lowest BCUT2D eigenvalue weighted by Gasteiger charge is -2.16. The summed E-state index contributed by atoms with van der Waals surface area (Å²) in [5.41, 5.74) is 6.72. The van der Waals surface area contributed by atoms with Crippen LogP contribution in [0.15, 0.2) is 34.9 Å². The van der Waals surface area contributed by atoms with E-state index in [9.17, 15) is 0 Å². The van der Waals surface area contributed by atoms with Gasteiger partial charge in [0.1, 0.15) is 0 Å². The Balaban J connectivity index is 1.10. The Morgan fingerprint density at radius 3 is 2.58 bits per heavy atom. The van der Waals surface area contributed by atoms with E-state index in [0.717, 1.165) is 37.9 Å². The molecule has 2 aliphatic carbocycles. The molecule has 10 heteroatoms. The number of nitrogen functional groups attached to an aromatic ring is 1. The summed E-state index contributed by atoms with van der Waals surface area (Å²) in [6, 6.07) is 10.1. The van der Waals surface area contributed by atoms with Crippen LogP contribution in [0, 0.1) is 23.7 Å². The van der Waals surface area contributed by atoms with Crippen LogP contribution in [0.25, 0.3) is 11.6 Å². The van der Waals surface area contributed by atoms with Gasteiger partial charge in [0.25, 0.3) is 0 Å². The lowest BCUT2D eigenvalue weighted by atomic mass is 10.3. The Kier molecular flexibility index (Phi) is 4.45. The molecule has 0 spiro atoms. The molecule has 3 N–H and O–H groups in total. The third-order valence-electron chi connectivity index (χ3n) is 6.30. The lowest BCUT2D eigenvalue weighted by molar-refractivity contribution is 0.108. The van der Waals surface area contributed by atoms with Gasteiger partial charge in [-0.15, -0.1) is 0 Å². The number of aromatic nitrogens is 5. The number of ether oxygens (including phenoxy) is 1. The number of rotatable bonds is 8. The molecule has 2 unspecified atom stereocenters. The summed E-state index contributed by atoms with van der Waals surface area (Å²) in [6.07, 6.45) is 2.67. The first kappa shape index (κ1) is 18.5. The Labute approximate surface area is 179 Å². The van der Waals surface area contributed by atoms with E-state index in [1.54, 1.807) is 0 Å². The number of piperidine rings is 1. The third-order valence-corrected chi connectivity index (χ3v) is 6.30. The van der Waals surface area contributed by atoms with E-state index in [4.69, 9.17) is 15.0 Å². The van der Waals surface area contributed by atoms with Crippen LogP contribution in [0.5, 0.6) is 0 Å². The van der Waals surface area contributed by atoms with E-state index in [1.165, 1.54) is 12.8 Å². The van der Waals surface area contributed by atoms with Crippen LogP contribution in [0.3, 0.4) is 0 Å². The molecule has 160 valence electrons. The lowest BCUT2D eigenvalue weighted by Crippen LogP contribution is -2.25. The van der Waals surface area contributed by atoms with Crippen LogP contribution in [-0.4, -0.2) is 51.4 Å². The Hall–Kier alpha value is -3.27. The van der Waals surface area contributed by atoms with Gasteiger partial charge in [0.15, 0.2) is 0 Å². The minimum atomic E-state index is 0.0891. The molecule has 0 radical (unpaired) electrons. The van der Waals surface area contributed by atoms with E-state index in [-0.39, 0.29) is 11.8 Å². The molecule has 10 nitrogen and oxygen atoms in total. The van der Waals surface area contributed by atoms with Crippen LogP contribution in [0.2, 0.25) is 0 Å². The number of nitrogens with two attached hydrogens (primary N) is 1. The van der Waals surface area contributed by atoms with Gasteiger partial charge >= 0.3 is 6.01 Å². The molecule has 0 bridgehead atoms. The van der Waals surface area contributed by atoms with Crippen molar-refractivity contribution < 1.29 is 9.26 Å². The fraction of sp³-hybridized carbons (Fsp3) is 0.476. The molecule has 1 saturated heterocycles.